The SMILES string of the molecule is CCn1cc(Cl)c(CN(C)C(=O)c2ccc(COc3ccccc3Cl)o2)n1. The summed E-state index contributed by atoms with van der Waals surface area (Å²) in [7, 11) is 1.67. The first-order chi connectivity index (χ1) is 13.0. The van der Waals surface area contributed by atoms with Gasteiger partial charge in [-0.15, -0.1) is 0 Å². The van der Waals surface area contributed by atoms with Crippen molar-refractivity contribution in [1.29, 1.82) is 0 Å². The number of furan rings is 1. The van der Waals surface area contributed by atoms with Crippen molar-refractivity contribution in [3.63, 3.8) is 0 Å². The van der Waals surface area contributed by atoms with Crippen molar-refractivity contribution in [1.82, 2.24) is 14.7 Å². The molecule has 0 saturated heterocycles. The molecular formula is C19H19Cl2N3O3. The minimum atomic E-state index is -0.263. The Balaban J connectivity index is 1.62. The van der Waals surface area contributed by atoms with Gasteiger partial charge in [0.1, 0.15) is 23.8 Å². The van der Waals surface area contributed by atoms with Gasteiger partial charge in [-0.1, -0.05) is 35.3 Å². The van der Waals surface area contributed by atoms with Gasteiger partial charge in [0.2, 0.25) is 0 Å². The van der Waals surface area contributed by atoms with Crippen LogP contribution in [0.2, 0.25) is 10.0 Å². The number of halogens is 2. The lowest BCUT2D eigenvalue weighted by Crippen LogP contribution is -2.26. The summed E-state index contributed by atoms with van der Waals surface area (Å²) in [5.74, 6) is 1.05. The predicted octanol–water partition coefficient (Wildman–Crippen LogP) is 4.65. The minimum Gasteiger partial charge on any atom is -0.484 e. The van der Waals surface area contributed by atoms with Crippen LogP contribution in [0.25, 0.3) is 0 Å². The van der Waals surface area contributed by atoms with Crippen LogP contribution in [-0.2, 0) is 19.7 Å². The highest BCUT2D eigenvalue weighted by atomic mass is 35.5. The van der Waals surface area contributed by atoms with Crippen molar-refractivity contribution in [3.05, 3.63) is 69.9 Å². The van der Waals surface area contributed by atoms with Gasteiger partial charge in [0.25, 0.3) is 5.91 Å². The van der Waals surface area contributed by atoms with Crippen LogP contribution >= 0.6 is 23.2 Å². The van der Waals surface area contributed by atoms with Crippen LogP contribution in [0.5, 0.6) is 5.75 Å². The molecule has 1 aromatic carbocycles. The van der Waals surface area contributed by atoms with Crippen molar-refractivity contribution >= 4 is 29.1 Å². The molecule has 0 bridgehead atoms. The molecule has 2 aromatic heterocycles. The van der Waals surface area contributed by atoms with E-state index in [2.05, 4.69) is 5.10 Å². The Morgan fingerprint density at radius 2 is 2.00 bits per heavy atom. The Morgan fingerprint density at radius 3 is 2.70 bits per heavy atom. The first-order valence-electron chi connectivity index (χ1n) is 8.41. The molecule has 0 radical (unpaired) electrons. The quantitative estimate of drug-likeness (QED) is 0.571. The summed E-state index contributed by atoms with van der Waals surface area (Å²) in [6.07, 6.45) is 1.74. The van der Waals surface area contributed by atoms with E-state index in [0.29, 0.717) is 33.8 Å². The summed E-state index contributed by atoms with van der Waals surface area (Å²) in [5, 5.41) is 5.40. The summed E-state index contributed by atoms with van der Waals surface area (Å²) < 4.78 is 13.0. The minimum absolute atomic E-state index is 0.174. The first-order valence-corrected chi connectivity index (χ1v) is 9.17. The number of para-hydroxylation sites is 1. The van der Waals surface area contributed by atoms with E-state index in [-0.39, 0.29) is 24.8 Å². The van der Waals surface area contributed by atoms with E-state index in [9.17, 15) is 4.79 Å². The Morgan fingerprint density at radius 1 is 1.22 bits per heavy atom. The maximum atomic E-state index is 12.6. The highest BCUT2D eigenvalue weighted by molar-refractivity contribution is 6.32. The van der Waals surface area contributed by atoms with Crippen molar-refractivity contribution in [3.8, 4) is 5.75 Å². The Bertz CT molecular complexity index is 936. The highest BCUT2D eigenvalue weighted by Crippen LogP contribution is 2.24. The van der Waals surface area contributed by atoms with E-state index >= 15 is 0 Å². The maximum Gasteiger partial charge on any atom is 0.289 e. The van der Waals surface area contributed by atoms with Gasteiger partial charge < -0.3 is 14.1 Å². The Hall–Kier alpha value is -2.44. The molecule has 3 rings (SSSR count). The molecule has 0 unspecified atom stereocenters. The molecule has 0 aliphatic heterocycles. The van der Waals surface area contributed by atoms with E-state index in [0.717, 1.165) is 0 Å². The summed E-state index contributed by atoms with van der Waals surface area (Å²) in [6.45, 7) is 3.14. The fourth-order valence-electron chi connectivity index (χ4n) is 2.47. The van der Waals surface area contributed by atoms with Gasteiger partial charge in [-0.2, -0.15) is 5.10 Å². The molecule has 2 heterocycles. The molecular weight excluding hydrogens is 389 g/mol. The smallest absolute Gasteiger partial charge is 0.289 e. The number of carbonyl (C=O) groups is 1. The molecule has 0 aliphatic carbocycles. The second-order valence-corrected chi connectivity index (χ2v) is 6.74. The van der Waals surface area contributed by atoms with Crippen molar-refractivity contribution < 1.29 is 13.9 Å². The largest absolute Gasteiger partial charge is 0.484 e. The number of rotatable bonds is 7. The van der Waals surface area contributed by atoms with Gasteiger partial charge in [0.05, 0.1) is 16.6 Å². The third-order valence-electron chi connectivity index (χ3n) is 3.92. The van der Waals surface area contributed by atoms with Gasteiger partial charge in [0.15, 0.2) is 5.76 Å². The lowest BCUT2D eigenvalue weighted by atomic mass is 10.3. The summed E-state index contributed by atoms with van der Waals surface area (Å²) >= 11 is 12.2. The first kappa shape index (κ1) is 19.3. The van der Waals surface area contributed by atoms with Crippen LogP contribution in [0.15, 0.2) is 47.0 Å². The average molecular weight is 408 g/mol. The average Bonchev–Trinajstić information content (AvgIpc) is 3.27. The number of nitrogens with zero attached hydrogens (tertiary/aromatic N) is 3. The van der Waals surface area contributed by atoms with Crippen LogP contribution in [0.1, 0.15) is 28.9 Å². The van der Waals surface area contributed by atoms with E-state index in [1.165, 1.54) is 4.90 Å². The topological polar surface area (TPSA) is 60.5 Å². The number of carbonyl (C=O) groups excluding carboxylic acids is 1. The predicted molar refractivity (Wildman–Crippen MR) is 103 cm³/mol. The Kier molecular flexibility index (Phi) is 6.08. The number of hydrogen-bond acceptors (Lipinski definition) is 4. The fraction of sp³-hybridized carbons (Fsp3) is 0.263. The lowest BCUT2D eigenvalue weighted by molar-refractivity contribution is 0.0747. The van der Waals surface area contributed by atoms with E-state index < -0.39 is 0 Å². The number of ether oxygens (including phenoxy) is 1. The molecule has 0 saturated carbocycles. The van der Waals surface area contributed by atoms with Gasteiger partial charge in [-0.05, 0) is 31.2 Å². The summed E-state index contributed by atoms with van der Waals surface area (Å²) in [5.41, 5.74) is 0.642. The van der Waals surface area contributed by atoms with Crippen LogP contribution in [0, 0.1) is 0 Å². The third kappa shape index (κ3) is 4.64. The second-order valence-electron chi connectivity index (χ2n) is 5.93. The monoisotopic (exact) mass is 407 g/mol. The fourth-order valence-corrected chi connectivity index (χ4v) is 2.87. The van der Waals surface area contributed by atoms with Gasteiger partial charge >= 0.3 is 0 Å². The van der Waals surface area contributed by atoms with E-state index in [4.69, 9.17) is 32.4 Å². The van der Waals surface area contributed by atoms with Crippen molar-refractivity contribution in [2.45, 2.75) is 26.6 Å². The zero-order chi connectivity index (χ0) is 19.4. The van der Waals surface area contributed by atoms with Crippen LogP contribution < -0.4 is 4.74 Å². The standard InChI is InChI=1S/C19H19Cl2N3O3/c1-3-24-10-15(21)16(22-24)11-23(2)19(25)18-9-8-13(27-18)12-26-17-7-5-4-6-14(17)20/h4-10H,3,11-12H2,1-2H3. The molecule has 27 heavy (non-hydrogen) atoms. The molecule has 0 fully saturated rings. The highest BCUT2D eigenvalue weighted by Gasteiger charge is 2.19. The molecule has 1 amide bonds. The molecule has 0 N–H and O–H groups in total. The third-order valence-corrected chi connectivity index (χ3v) is 4.55. The zero-order valence-electron chi connectivity index (χ0n) is 15.0. The van der Waals surface area contributed by atoms with Gasteiger partial charge in [-0.25, -0.2) is 0 Å². The van der Waals surface area contributed by atoms with E-state index in [1.54, 1.807) is 42.2 Å². The molecule has 0 aliphatic rings. The molecule has 8 heteroatoms. The van der Waals surface area contributed by atoms with Crippen molar-refractivity contribution in [2.24, 2.45) is 0 Å². The molecule has 3 aromatic rings. The van der Waals surface area contributed by atoms with Gasteiger partial charge in [0, 0.05) is 19.8 Å². The number of hydrogen-bond donors (Lipinski definition) is 0. The number of aromatic nitrogens is 2. The molecule has 6 nitrogen and oxygen atoms in total. The van der Waals surface area contributed by atoms with Crippen LogP contribution in [-0.4, -0.2) is 27.6 Å². The number of benzene rings is 1. The van der Waals surface area contributed by atoms with Crippen molar-refractivity contribution in [2.75, 3.05) is 7.05 Å². The Labute approximate surface area is 167 Å². The molecule has 0 spiro atoms. The summed E-state index contributed by atoms with van der Waals surface area (Å²) in [6, 6.07) is 10.5. The molecule has 142 valence electrons. The van der Waals surface area contributed by atoms with Gasteiger partial charge in [-0.3, -0.25) is 9.48 Å². The maximum absolute atomic E-state index is 12.6. The van der Waals surface area contributed by atoms with Crippen LogP contribution in [0.3, 0.4) is 0 Å². The number of aryl methyl sites for hydroxylation is 1. The second kappa shape index (κ2) is 8.50. The van der Waals surface area contributed by atoms with E-state index in [1.807, 2.05) is 19.1 Å². The molecule has 0 atom stereocenters. The normalized spacial score (nSPS) is 10.8. The number of amides is 1. The van der Waals surface area contributed by atoms with Crippen LogP contribution in [0.4, 0.5) is 0 Å². The zero-order valence-corrected chi connectivity index (χ0v) is 16.5. The lowest BCUT2D eigenvalue weighted by Gasteiger charge is -2.14. The summed E-state index contributed by atoms with van der Waals surface area (Å²) in [4.78, 5) is 14.1.